The van der Waals surface area contributed by atoms with Crippen molar-refractivity contribution in [2.75, 3.05) is 42.5 Å². The Hall–Kier alpha value is -2.89. The number of piperazine rings is 1. The van der Waals surface area contributed by atoms with Gasteiger partial charge in [0, 0.05) is 38.8 Å². The Balaban J connectivity index is 1.64. The summed E-state index contributed by atoms with van der Waals surface area (Å²) >= 11 is 0. The fraction of sp³-hybridized carbons (Fsp3) is 0.333. The first-order valence-corrected chi connectivity index (χ1v) is 9.08. The summed E-state index contributed by atoms with van der Waals surface area (Å²) in [6, 6.07) is 14.2. The van der Waals surface area contributed by atoms with E-state index in [0.29, 0.717) is 31.9 Å². The van der Waals surface area contributed by atoms with Crippen molar-refractivity contribution >= 4 is 23.2 Å². The third kappa shape index (κ3) is 4.27. The molecule has 6 heteroatoms. The van der Waals surface area contributed by atoms with Gasteiger partial charge in [-0.3, -0.25) is 9.59 Å². The molecule has 1 aliphatic rings. The Labute approximate surface area is 159 Å². The van der Waals surface area contributed by atoms with Crippen LogP contribution in [0.25, 0.3) is 0 Å². The first-order valence-electron chi connectivity index (χ1n) is 9.08. The molecule has 0 saturated carbocycles. The number of carbonyl (C=O) groups excluding carboxylic acids is 2. The highest BCUT2D eigenvalue weighted by Crippen LogP contribution is 2.22. The number of amides is 2. The van der Waals surface area contributed by atoms with Crippen LogP contribution in [0.1, 0.15) is 12.5 Å². The monoisotopic (exact) mass is 369 g/mol. The quantitative estimate of drug-likeness (QED) is 0.832. The zero-order valence-electron chi connectivity index (χ0n) is 15.7. The number of rotatable bonds is 4. The van der Waals surface area contributed by atoms with E-state index in [1.54, 1.807) is 17.0 Å². The van der Waals surface area contributed by atoms with Crippen molar-refractivity contribution in [1.82, 2.24) is 4.90 Å². The number of anilines is 2. The SMILES string of the molecule is CC(=O)N(CC(=O)N1CCN(c2ccccc2F)CC1)c1ccccc1C. The molecule has 0 aliphatic carbocycles. The average Bonchev–Trinajstić information content (AvgIpc) is 2.67. The van der Waals surface area contributed by atoms with Crippen molar-refractivity contribution in [1.29, 1.82) is 0 Å². The minimum atomic E-state index is -0.250. The van der Waals surface area contributed by atoms with Crippen molar-refractivity contribution in [3.63, 3.8) is 0 Å². The first kappa shape index (κ1) is 18.9. The number of para-hydroxylation sites is 2. The molecule has 2 aromatic carbocycles. The highest BCUT2D eigenvalue weighted by Gasteiger charge is 2.25. The molecule has 1 fully saturated rings. The van der Waals surface area contributed by atoms with E-state index in [4.69, 9.17) is 0 Å². The van der Waals surface area contributed by atoms with Crippen LogP contribution in [0.5, 0.6) is 0 Å². The summed E-state index contributed by atoms with van der Waals surface area (Å²) < 4.78 is 13.9. The van der Waals surface area contributed by atoms with Crippen LogP contribution in [0, 0.1) is 12.7 Å². The van der Waals surface area contributed by atoms with Gasteiger partial charge in [-0.15, -0.1) is 0 Å². The second-order valence-electron chi connectivity index (χ2n) is 6.71. The summed E-state index contributed by atoms with van der Waals surface area (Å²) in [5, 5.41) is 0. The molecule has 1 aliphatic heterocycles. The molecule has 2 aromatic rings. The lowest BCUT2D eigenvalue weighted by atomic mass is 10.1. The van der Waals surface area contributed by atoms with Crippen LogP contribution in [0.4, 0.5) is 15.8 Å². The third-order valence-electron chi connectivity index (χ3n) is 4.91. The van der Waals surface area contributed by atoms with Crippen LogP contribution in [-0.4, -0.2) is 49.4 Å². The first-order chi connectivity index (χ1) is 13.0. The van der Waals surface area contributed by atoms with Gasteiger partial charge in [0.1, 0.15) is 12.4 Å². The number of hydrogen-bond acceptors (Lipinski definition) is 3. The average molecular weight is 369 g/mol. The largest absolute Gasteiger partial charge is 0.366 e. The predicted octanol–water partition coefficient (Wildman–Crippen LogP) is 2.84. The highest BCUT2D eigenvalue weighted by molar-refractivity contribution is 5.98. The smallest absolute Gasteiger partial charge is 0.242 e. The lowest BCUT2D eigenvalue weighted by Crippen LogP contribution is -2.52. The highest BCUT2D eigenvalue weighted by atomic mass is 19.1. The lowest BCUT2D eigenvalue weighted by Gasteiger charge is -2.37. The molecule has 1 heterocycles. The zero-order valence-corrected chi connectivity index (χ0v) is 15.7. The number of benzene rings is 2. The van der Waals surface area contributed by atoms with Gasteiger partial charge in [-0.1, -0.05) is 30.3 Å². The molecule has 142 valence electrons. The van der Waals surface area contributed by atoms with Crippen LogP contribution >= 0.6 is 0 Å². The Kier molecular flexibility index (Phi) is 5.74. The van der Waals surface area contributed by atoms with Crippen molar-refractivity contribution in [3.05, 3.63) is 59.9 Å². The summed E-state index contributed by atoms with van der Waals surface area (Å²) in [6.45, 7) is 5.55. The molecule has 0 spiro atoms. The third-order valence-corrected chi connectivity index (χ3v) is 4.91. The topological polar surface area (TPSA) is 43.9 Å². The fourth-order valence-electron chi connectivity index (χ4n) is 3.37. The van der Waals surface area contributed by atoms with E-state index < -0.39 is 0 Å². The zero-order chi connectivity index (χ0) is 19.4. The van der Waals surface area contributed by atoms with E-state index >= 15 is 0 Å². The summed E-state index contributed by atoms with van der Waals surface area (Å²) in [6.07, 6.45) is 0. The van der Waals surface area contributed by atoms with E-state index in [1.165, 1.54) is 17.9 Å². The maximum atomic E-state index is 13.9. The molecule has 27 heavy (non-hydrogen) atoms. The molecular weight excluding hydrogens is 345 g/mol. The van der Waals surface area contributed by atoms with Gasteiger partial charge in [0.05, 0.1) is 5.69 Å². The molecule has 0 atom stereocenters. The fourth-order valence-corrected chi connectivity index (χ4v) is 3.37. The van der Waals surface area contributed by atoms with Crippen molar-refractivity contribution in [2.24, 2.45) is 0 Å². The van der Waals surface area contributed by atoms with E-state index in [2.05, 4.69) is 0 Å². The van der Waals surface area contributed by atoms with Gasteiger partial charge in [-0.05, 0) is 30.7 Å². The van der Waals surface area contributed by atoms with Gasteiger partial charge in [0.15, 0.2) is 0 Å². The second kappa shape index (κ2) is 8.20. The number of aryl methyl sites for hydroxylation is 1. The van der Waals surface area contributed by atoms with Crippen LogP contribution < -0.4 is 9.80 Å². The molecule has 5 nitrogen and oxygen atoms in total. The van der Waals surface area contributed by atoms with Crippen LogP contribution in [0.3, 0.4) is 0 Å². The lowest BCUT2D eigenvalue weighted by molar-refractivity contribution is -0.131. The molecule has 0 unspecified atom stereocenters. The molecule has 1 saturated heterocycles. The molecule has 0 aromatic heterocycles. The van der Waals surface area contributed by atoms with Crippen LogP contribution in [0.2, 0.25) is 0 Å². The second-order valence-corrected chi connectivity index (χ2v) is 6.71. The van der Waals surface area contributed by atoms with Crippen molar-refractivity contribution in [3.8, 4) is 0 Å². The minimum Gasteiger partial charge on any atom is -0.366 e. The maximum Gasteiger partial charge on any atom is 0.242 e. The van der Waals surface area contributed by atoms with Gasteiger partial charge >= 0.3 is 0 Å². The van der Waals surface area contributed by atoms with Crippen LogP contribution in [0.15, 0.2) is 48.5 Å². The number of carbonyl (C=O) groups is 2. The summed E-state index contributed by atoms with van der Waals surface area (Å²) in [5.74, 6) is -0.510. The van der Waals surface area contributed by atoms with Crippen LogP contribution in [-0.2, 0) is 9.59 Å². The minimum absolute atomic E-state index is 0.0138. The normalized spacial score (nSPS) is 14.2. The van der Waals surface area contributed by atoms with E-state index in [0.717, 1.165) is 11.3 Å². The van der Waals surface area contributed by atoms with Crippen molar-refractivity contribution < 1.29 is 14.0 Å². The Morgan fingerprint density at radius 1 is 1.00 bits per heavy atom. The van der Waals surface area contributed by atoms with Gasteiger partial charge in [-0.25, -0.2) is 4.39 Å². The maximum absolute atomic E-state index is 13.9. The van der Waals surface area contributed by atoms with Gasteiger partial charge in [-0.2, -0.15) is 0 Å². The molecule has 0 N–H and O–H groups in total. The Bertz CT molecular complexity index is 832. The molecule has 0 radical (unpaired) electrons. The standard InChI is InChI=1S/C21H24FN3O2/c1-16-7-3-5-9-19(16)25(17(2)26)15-21(27)24-13-11-23(12-14-24)20-10-6-4-8-18(20)22/h3-10H,11-15H2,1-2H3. The summed E-state index contributed by atoms with van der Waals surface area (Å²) in [4.78, 5) is 30.0. The van der Waals surface area contributed by atoms with E-state index in [-0.39, 0.29) is 24.2 Å². The summed E-state index contributed by atoms with van der Waals surface area (Å²) in [7, 11) is 0. The number of hydrogen-bond donors (Lipinski definition) is 0. The van der Waals surface area contributed by atoms with E-state index in [9.17, 15) is 14.0 Å². The van der Waals surface area contributed by atoms with Gasteiger partial charge in [0.2, 0.25) is 11.8 Å². The number of nitrogens with zero attached hydrogens (tertiary/aromatic N) is 3. The predicted molar refractivity (Wildman–Crippen MR) is 104 cm³/mol. The Morgan fingerprint density at radius 3 is 2.26 bits per heavy atom. The molecule has 2 amide bonds. The van der Waals surface area contributed by atoms with Gasteiger partial charge in [0.25, 0.3) is 0 Å². The van der Waals surface area contributed by atoms with Gasteiger partial charge < -0.3 is 14.7 Å². The molecule has 3 rings (SSSR count). The Morgan fingerprint density at radius 2 is 1.63 bits per heavy atom. The molecular formula is C21H24FN3O2. The van der Waals surface area contributed by atoms with E-state index in [1.807, 2.05) is 42.2 Å². The molecule has 0 bridgehead atoms. The van der Waals surface area contributed by atoms with Crippen molar-refractivity contribution in [2.45, 2.75) is 13.8 Å². The summed E-state index contributed by atoms with van der Waals surface area (Å²) in [5.41, 5.74) is 2.27. The number of halogens is 1.